The zero-order valence-electron chi connectivity index (χ0n) is 16.2. The predicted octanol–water partition coefficient (Wildman–Crippen LogP) is 4.06. The lowest BCUT2D eigenvalue weighted by Gasteiger charge is -2.35. The summed E-state index contributed by atoms with van der Waals surface area (Å²) in [6.45, 7) is 9.27. The number of piperazine rings is 1. The molecule has 1 amide bonds. The first-order valence-corrected chi connectivity index (χ1v) is 9.94. The first-order chi connectivity index (χ1) is 13.5. The van der Waals surface area contributed by atoms with Crippen LogP contribution in [0, 0.1) is 5.82 Å². The summed E-state index contributed by atoms with van der Waals surface area (Å²) in [6, 6.07) is 11.5. The first-order valence-electron chi connectivity index (χ1n) is 9.56. The fourth-order valence-electron chi connectivity index (χ4n) is 3.24. The fourth-order valence-corrected chi connectivity index (χ4v) is 3.45. The standard InChI is InChI=1S/C21H26ClFN4O/c1-3-26-10-12-27(13-11-26)18-7-5-17(6-8-18)24-15(2)21(28)25-20-9-4-16(23)14-19(20)22/h4-9,14-15,24H,3,10-13H2,1-2H3,(H,25,28)/t15-/m1/s1. The Hall–Kier alpha value is -2.31. The molecule has 2 aromatic carbocycles. The van der Waals surface area contributed by atoms with E-state index in [0.29, 0.717) is 5.69 Å². The van der Waals surface area contributed by atoms with E-state index in [-0.39, 0.29) is 10.9 Å². The number of halogens is 2. The van der Waals surface area contributed by atoms with E-state index in [2.05, 4.69) is 39.5 Å². The van der Waals surface area contributed by atoms with Crippen molar-refractivity contribution in [2.75, 3.05) is 48.3 Å². The highest BCUT2D eigenvalue weighted by Gasteiger charge is 2.17. The zero-order valence-corrected chi connectivity index (χ0v) is 17.0. The molecule has 2 aromatic rings. The number of nitrogens with one attached hydrogen (secondary N) is 2. The normalized spacial score (nSPS) is 15.9. The number of nitrogens with zero attached hydrogens (tertiary/aromatic N) is 2. The lowest BCUT2D eigenvalue weighted by atomic mass is 10.2. The Labute approximate surface area is 170 Å². The molecule has 5 nitrogen and oxygen atoms in total. The predicted molar refractivity (Wildman–Crippen MR) is 114 cm³/mol. The Morgan fingerprint density at radius 1 is 1.14 bits per heavy atom. The van der Waals surface area contributed by atoms with Crippen molar-refractivity contribution >= 4 is 34.6 Å². The molecule has 1 aliphatic rings. The molecular weight excluding hydrogens is 379 g/mol. The number of benzene rings is 2. The molecule has 0 bridgehead atoms. The maximum absolute atomic E-state index is 13.1. The zero-order chi connectivity index (χ0) is 20.1. The van der Waals surface area contributed by atoms with Crippen LogP contribution in [0.5, 0.6) is 0 Å². The number of anilines is 3. The molecule has 28 heavy (non-hydrogen) atoms. The topological polar surface area (TPSA) is 47.6 Å². The van der Waals surface area contributed by atoms with E-state index in [1.807, 2.05) is 12.1 Å². The highest BCUT2D eigenvalue weighted by atomic mass is 35.5. The Morgan fingerprint density at radius 2 is 1.82 bits per heavy atom. The van der Waals surface area contributed by atoms with Gasteiger partial charge < -0.3 is 20.4 Å². The number of carbonyl (C=O) groups excluding carboxylic acids is 1. The third-order valence-corrected chi connectivity index (χ3v) is 5.33. The molecule has 1 heterocycles. The van der Waals surface area contributed by atoms with Crippen LogP contribution < -0.4 is 15.5 Å². The van der Waals surface area contributed by atoms with Crippen molar-refractivity contribution in [3.8, 4) is 0 Å². The number of carbonyl (C=O) groups is 1. The van der Waals surface area contributed by atoms with Crippen molar-refractivity contribution in [3.63, 3.8) is 0 Å². The number of hydrogen-bond donors (Lipinski definition) is 2. The Bertz CT molecular complexity index is 807. The van der Waals surface area contributed by atoms with E-state index in [9.17, 15) is 9.18 Å². The van der Waals surface area contributed by atoms with Crippen LogP contribution in [0.4, 0.5) is 21.5 Å². The van der Waals surface area contributed by atoms with Gasteiger partial charge in [0, 0.05) is 37.6 Å². The van der Waals surface area contributed by atoms with Crippen LogP contribution in [0.25, 0.3) is 0 Å². The summed E-state index contributed by atoms with van der Waals surface area (Å²) < 4.78 is 13.1. The van der Waals surface area contributed by atoms with Gasteiger partial charge in [0.05, 0.1) is 10.7 Å². The van der Waals surface area contributed by atoms with Gasteiger partial charge in [-0.15, -0.1) is 0 Å². The van der Waals surface area contributed by atoms with Gasteiger partial charge in [-0.2, -0.15) is 0 Å². The lowest BCUT2D eigenvalue weighted by Crippen LogP contribution is -2.46. The van der Waals surface area contributed by atoms with Crippen LogP contribution in [0.3, 0.4) is 0 Å². The summed E-state index contributed by atoms with van der Waals surface area (Å²) in [6.07, 6.45) is 0. The van der Waals surface area contributed by atoms with Gasteiger partial charge in [-0.3, -0.25) is 4.79 Å². The lowest BCUT2D eigenvalue weighted by molar-refractivity contribution is -0.116. The molecule has 0 aliphatic carbocycles. The molecule has 0 spiro atoms. The molecule has 2 N–H and O–H groups in total. The third-order valence-electron chi connectivity index (χ3n) is 5.02. The summed E-state index contributed by atoms with van der Waals surface area (Å²) in [5.74, 6) is -0.682. The average Bonchev–Trinajstić information content (AvgIpc) is 2.70. The molecule has 150 valence electrons. The molecule has 7 heteroatoms. The molecule has 0 unspecified atom stereocenters. The Kier molecular flexibility index (Phi) is 6.75. The molecule has 1 atom stereocenters. The molecule has 1 fully saturated rings. The SMILES string of the molecule is CCN1CCN(c2ccc(N[C@H](C)C(=O)Nc3ccc(F)cc3Cl)cc2)CC1. The van der Waals surface area contributed by atoms with Gasteiger partial charge in [-0.05, 0) is 55.9 Å². The van der Waals surface area contributed by atoms with Crippen LogP contribution in [-0.4, -0.2) is 49.6 Å². The highest BCUT2D eigenvalue weighted by molar-refractivity contribution is 6.33. The second kappa shape index (κ2) is 9.26. The van der Waals surface area contributed by atoms with Crippen molar-refractivity contribution in [2.24, 2.45) is 0 Å². The smallest absolute Gasteiger partial charge is 0.246 e. The summed E-state index contributed by atoms with van der Waals surface area (Å²) in [4.78, 5) is 17.2. The van der Waals surface area contributed by atoms with Gasteiger partial charge in [0.1, 0.15) is 11.9 Å². The van der Waals surface area contributed by atoms with Crippen LogP contribution in [0.15, 0.2) is 42.5 Å². The van der Waals surface area contributed by atoms with E-state index in [1.54, 1.807) is 6.92 Å². The first kappa shape index (κ1) is 20.4. The number of hydrogen-bond acceptors (Lipinski definition) is 4. The number of likely N-dealkylation sites (N-methyl/N-ethyl adjacent to an activating group) is 1. The number of amides is 1. The van der Waals surface area contributed by atoms with Crippen LogP contribution >= 0.6 is 11.6 Å². The third kappa shape index (κ3) is 5.14. The highest BCUT2D eigenvalue weighted by Crippen LogP contribution is 2.23. The summed E-state index contributed by atoms with van der Waals surface area (Å²) in [7, 11) is 0. The molecule has 0 radical (unpaired) electrons. The van der Waals surface area contributed by atoms with Crippen molar-refractivity contribution in [1.29, 1.82) is 0 Å². The van der Waals surface area contributed by atoms with Gasteiger partial charge in [-0.1, -0.05) is 18.5 Å². The summed E-state index contributed by atoms with van der Waals surface area (Å²) in [5, 5.41) is 6.07. The van der Waals surface area contributed by atoms with Gasteiger partial charge >= 0.3 is 0 Å². The largest absolute Gasteiger partial charge is 0.374 e. The molecule has 0 saturated carbocycles. The van der Waals surface area contributed by atoms with E-state index >= 15 is 0 Å². The minimum atomic E-state index is -0.472. The monoisotopic (exact) mass is 404 g/mol. The van der Waals surface area contributed by atoms with Crippen LogP contribution in [0.2, 0.25) is 5.02 Å². The van der Waals surface area contributed by atoms with Gasteiger partial charge in [0.2, 0.25) is 5.91 Å². The molecule has 0 aromatic heterocycles. The van der Waals surface area contributed by atoms with Gasteiger partial charge in [0.25, 0.3) is 0 Å². The average molecular weight is 405 g/mol. The molecular formula is C21H26ClFN4O. The Morgan fingerprint density at radius 3 is 2.43 bits per heavy atom. The van der Waals surface area contributed by atoms with Crippen LogP contribution in [-0.2, 0) is 4.79 Å². The van der Waals surface area contributed by atoms with Gasteiger partial charge in [0.15, 0.2) is 0 Å². The summed E-state index contributed by atoms with van der Waals surface area (Å²) in [5.41, 5.74) is 2.45. The minimum absolute atomic E-state index is 0.174. The second-order valence-electron chi connectivity index (χ2n) is 6.95. The molecule has 1 saturated heterocycles. The fraction of sp³-hybridized carbons (Fsp3) is 0.381. The van der Waals surface area contributed by atoms with Crippen molar-refractivity contribution in [2.45, 2.75) is 19.9 Å². The van der Waals surface area contributed by atoms with Gasteiger partial charge in [-0.25, -0.2) is 4.39 Å². The van der Waals surface area contributed by atoms with E-state index in [0.717, 1.165) is 38.4 Å². The minimum Gasteiger partial charge on any atom is -0.374 e. The maximum Gasteiger partial charge on any atom is 0.246 e. The Balaban J connectivity index is 1.55. The van der Waals surface area contributed by atoms with Crippen LogP contribution in [0.1, 0.15) is 13.8 Å². The maximum atomic E-state index is 13.1. The van der Waals surface area contributed by atoms with Crippen molar-refractivity contribution in [3.05, 3.63) is 53.3 Å². The van der Waals surface area contributed by atoms with Crippen molar-refractivity contribution in [1.82, 2.24) is 4.90 Å². The molecule has 3 rings (SSSR count). The second-order valence-corrected chi connectivity index (χ2v) is 7.35. The molecule has 1 aliphatic heterocycles. The summed E-state index contributed by atoms with van der Waals surface area (Å²) >= 11 is 5.97. The van der Waals surface area contributed by atoms with E-state index in [1.165, 1.54) is 23.9 Å². The van der Waals surface area contributed by atoms with Crippen molar-refractivity contribution < 1.29 is 9.18 Å². The van der Waals surface area contributed by atoms with E-state index < -0.39 is 11.9 Å². The number of rotatable bonds is 6. The van der Waals surface area contributed by atoms with E-state index in [4.69, 9.17) is 11.6 Å². The quantitative estimate of drug-likeness (QED) is 0.762.